The second kappa shape index (κ2) is 70.5. The molecule has 0 aliphatic heterocycles. The quantitative estimate of drug-likeness (QED) is 0.0146. The van der Waals surface area contributed by atoms with Crippen molar-refractivity contribution in [3.8, 4) is 0 Å². The van der Waals surface area contributed by atoms with Crippen LogP contribution < -0.4 is 0 Å². The summed E-state index contributed by atoms with van der Waals surface area (Å²) in [6.45, 7) is 2.18. The number of aliphatic hydroxyl groups excluding tert-OH is 2. The van der Waals surface area contributed by atoms with Crippen LogP contribution in [0.1, 0.15) is 239 Å². The summed E-state index contributed by atoms with van der Waals surface area (Å²) in [5, 5.41) is 20.6. The van der Waals surface area contributed by atoms with E-state index in [-0.39, 0.29) is 19.3 Å². The first-order chi connectivity index (χ1) is 47.2. The lowest BCUT2D eigenvalue weighted by Gasteiger charge is -2.21. The van der Waals surface area contributed by atoms with E-state index in [9.17, 15) is 43.5 Å². The van der Waals surface area contributed by atoms with Crippen LogP contribution in [0.25, 0.3) is 0 Å². The number of carbonyl (C=O) groups excluding carboxylic acids is 3. The van der Waals surface area contributed by atoms with Gasteiger partial charge in [-0.15, -0.1) is 0 Å². The summed E-state index contributed by atoms with van der Waals surface area (Å²) in [6, 6.07) is 0. The number of phosphoric acid groups is 2. The average Bonchev–Trinajstić information content (AvgIpc) is 1.62. The molecule has 4 N–H and O–H groups in total. The highest BCUT2D eigenvalue weighted by Gasteiger charge is 2.29. The van der Waals surface area contributed by atoms with Crippen molar-refractivity contribution in [3.63, 3.8) is 0 Å². The predicted octanol–water partition coefficient (Wildman–Crippen LogP) is 20.6. The smallest absolute Gasteiger partial charge is 0.463 e. The molecule has 0 spiro atoms. The zero-order valence-corrected chi connectivity index (χ0v) is 61.2. The fourth-order valence-corrected chi connectivity index (χ4v) is 10.3. The molecule has 5 unspecified atom stereocenters. The molecule has 18 heteroatoms. The number of hydrogen-bond donors (Lipinski definition) is 4. The van der Waals surface area contributed by atoms with Crippen LogP contribution in [0.4, 0.5) is 0 Å². The number of ether oxygens (including phenoxy) is 3. The third kappa shape index (κ3) is 71.7. The average molecular weight is 1390 g/mol. The summed E-state index contributed by atoms with van der Waals surface area (Å²) in [4.78, 5) is 58.5. The maximum absolute atomic E-state index is 13.0. The maximum atomic E-state index is 13.0. The van der Waals surface area contributed by atoms with Gasteiger partial charge in [0.05, 0.1) is 26.4 Å². The topological polar surface area (TPSA) is 231 Å². The standard InChI is InChI=1S/C79H126O16P2/c1-4-7-10-13-16-19-22-25-28-31-34-35-36-37-40-42-44-47-50-53-56-59-62-65-77(82)89-68-74(80)69-91-96(85,86)92-70-75(81)71-93-97(87,88)94-73-76(95-79(84)67-64-61-58-55-52-49-46-43-39-33-30-27-24-21-18-15-12-9-6-3)72-90-78(83)66-63-60-57-54-51-48-45-41-38-32-29-26-23-20-17-14-11-8-5-2/h7-12,16-21,25-30,34-35,37-41,43,48,51,57,60,74-76,80-81H,4-6,13-15,22-24,31-33,36,42,44-47,49-50,52-56,58-59,61-73H2,1-3H3,(H,85,86)(H,87,88)/b10-7-,11-8-,12-9-,19-16-,20-17-,21-18-,28-25-,29-26-,30-27-,35-34-,40-37-,41-38-,43-39-,51-48-,60-57-. The van der Waals surface area contributed by atoms with E-state index in [1.807, 2.05) is 18.2 Å². The highest BCUT2D eigenvalue weighted by molar-refractivity contribution is 7.47. The predicted molar refractivity (Wildman–Crippen MR) is 398 cm³/mol. The minimum absolute atomic E-state index is 0.0340. The van der Waals surface area contributed by atoms with Crippen molar-refractivity contribution in [2.75, 3.05) is 39.6 Å². The molecule has 0 aromatic rings. The SMILES string of the molecule is CC/C=C\C/C=C\C/C=C\C/C=C\C/C=C\C/C=C\CCC(=O)OCC(COP(=O)(O)OCC(O)COP(=O)(O)OCC(O)COC(=O)CCCCCCCCC/C=C\C/C=C\C/C=C\C/C=C\C/C=C\CC)OC(=O)CCCCCCCC/C=C\C/C=C\C/C=C\C/C=C\CC. The fourth-order valence-electron chi connectivity index (χ4n) is 8.73. The van der Waals surface area contributed by atoms with E-state index in [2.05, 4.69) is 185 Å². The van der Waals surface area contributed by atoms with Crippen LogP contribution in [-0.4, -0.2) is 95.9 Å². The van der Waals surface area contributed by atoms with E-state index in [1.165, 1.54) is 0 Å². The Morgan fingerprint density at radius 1 is 0.289 bits per heavy atom. The molecule has 0 saturated heterocycles. The first-order valence-corrected chi connectivity index (χ1v) is 39.1. The molecule has 0 saturated carbocycles. The number of phosphoric ester groups is 2. The highest BCUT2D eigenvalue weighted by atomic mass is 31.2. The van der Waals surface area contributed by atoms with Crippen LogP contribution in [0.15, 0.2) is 182 Å². The Morgan fingerprint density at radius 3 is 0.876 bits per heavy atom. The molecule has 97 heavy (non-hydrogen) atoms. The Bertz CT molecular complexity index is 2490. The van der Waals surface area contributed by atoms with Crippen LogP contribution in [0, 0.1) is 0 Å². The largest absolute Gasteiger partial charge is 0.472 e. The van der Waals surface area contributed by atoms with Gasteiger partial charge in [0.2, 0.25) is 0 Å². The van der Waals surface area contributed by atoms with Gasteiger partial charge in [-0.2, -0.15) is 0 Å². The molecule has 0 fully saturated rings. The second-order valence-corrected chi connectivity index (χ2v) is 26.1. The Morgan fingerprint density at radius 2 is 0.536 bits per heavy atom. The van der Waals surface area contributed by atoms with Crippen molar-refractivity contribution >= 4 is 33.6 Å². The Hall–Kier alpha value is -5.35. The maximum Gasteiger partial charge on any atom is 0.472 e. The third-order valence-electron chi connectivity index (χ3n) is 14.1. The minimum atomic E-state index is -4.96. The summed E-state index contributed by atoms with van der Waals surface area (Å²) in [5.74, 6) is -1.72. The lowest BCUT2D eigenvalue weighted by Crippen LogP contribution is -2.30. The number of allylic oxidation sites excluding steroid dienone is 30. The molecule has 16 nitrogen and oxygen atoms in total. The van der Waals surface area contributed by atoms with Crippen molar-refractivity contribution in [1.29, 1.82) is 0 Å². The Kier molecular flexibility index (Phi) is 66.6. The summed E-state index contributed by atoms with van der Waals surface area (Å²) in [6.07, 6.45) is 89.5. The molecule has 0 bridgehead atoms. The van der Waals surface area contributed by atoms with E-state index in [4.69, 9.17) is 32.3 Å². The summed E-state index contributed by atoms with van der Waals surface area (Å²) < 4.78 is 60.9. The zero-order chi connectivity index (χ0) is 70.9. The monoisotopic (exact) mass is 1390 g/mol. The molecule has 0 rings (SSSR count). The van der Waals surface area contributed by atoms with Crippen molar-refractivity contribution in [3.05, 3.63) is 182 Å². The van der Waals surface area contributed by atoms with Gasteiger partial charge in [0.1, 0.15) is 25.4 Å². The molecule has 0 radical (unpaired) electrons. The van der Waals surface area contributed by atoms with Crippen LogP contribution in [0.3, 0.4) is 0 Å². The number of rotatable bonds is 66. The lowest BCUT2D eigenvalue weighted by molar-refractivity contribution is -0.161. The number of esters is 3. The van der Waals surface area contributed by atoms with Gasteiger partial charge in [-0.05, 0) is 141 Å². The number of carbonyl (C=O) groups is 3. The van der Waals surface area contributed by atoms with Crippen LogP contribution in [0.5, 0.6) is 0 Å². The first-order valence-electron chi connectivity index (χ1n) is 36.1. The first kappa shape index (κ1) is 91.6. The summed E-state index contributed by atoms with van der Waals surface area (Å²) in [5.41, 5.74) is 0. The number of aliphatic hydroxyl groups is 2. The summed E-state index contributed by atoms with van der Waals surface area (Å²) in [7, 11) is -9.83. The van der Waals surface area contributed by atoms with Crippen molar-refractivity contribution < 1.29 is 75.8 Å². The second-order valence-electron chi connectivity index (χ2n) is 23.2. The highest BCUT2D eigenvalue weighted by Crippen LogP contribution is 2.45. The van der Waals surface area contributed by atoms with Crippen molar-refractivity contribution in [2.45, 2.75) is 257 Å². The van der Waals surface area contributed by atoms with Crippen molar-refractivity contribution in [2.24, 2.45) is 0 Å². The van der Waals surface area contributed by atoms with Gasteiger partial charge in [-0.1, -0.05) is 261 Å². The normalized spacial score (nSPS) is 15.2. The van der Waals surface area contributed by atoms with Gasteiger partial charge in [-0.3, -0.25) is 32.5 Å². The molecule has 0 aliphatic carbocycles. The molecule has 5 atom stereocenters. The Labute approximate surface area is 585 Å². The van der Waals surface area contributed by atoms with E-state index >= 15 is 0 Å². The number of unbranched alkanes of at least 4 members (excludes halogenated alkanes) is 13. The molecular formula is C79H126O16P2. The van der Waals surface area contributed by atoms with Gasteiger partial charge in [0.15, 0.2) is 6.10 Å². The molecule has 548 valence electrons. The van der Waals surface area contributed by atoms with Gasteiger partial charge >= 0.3 is 33.6 Å². The molecule has 0 amide bonds. The van der Waals surface area contributed by atoms with Crippen LogP contribution in [0.2, 0.25) is 0 Å². The van der Waals surface area contributed by atoms with Gasteiger partial charge in [0, 0.05) is 19.3 Å². The Balaban J connectivity index is 4.78. The van der Waals surface area contributed by atoms with E-state index in [1.54, 1.807) is 0 Å². The fraction of sp³-hybridized carbons (Fsp3) is 0.582. The van der Waals surface area contributed by atoms with Crippen molar-refractivity contribution in [1.82, 2.24) is 0 Å². The van der Waals surface area contributed by atoms with Gasteiger partial charge < -0.3 is 34.2 Å². The lowest BCUT2D eigenvalue weighted by atomic mass is 10.1. The molecule has 0 aromatic carbocycles. The van der Waals surface area contributed by atoms with Crippen LogP contribution >= 0.6 is 15.6 Å². The molecule has 0 aromatic heterocycles. The van der Waals surface area contributed by atoms with E-state index in [0.717, 1.165) is 173 Å². The van der Waals surface area contributed by atoms with Gasteiger partial charge in [-0.25, -0.2) is 9.13 Å². The number of hydrogen-bond acceptors (Lipinski definition) is 14. The van der Waals surface area contributed by atoms with Crippen LogP contribution in [-0.2, 0) is 55.8 Å². The van der Waals surface area contributed by atoms with E-state index < -0.39 is 91.5 Å². The molecular weight excluding hydrogens is 1270 g/mol. The minimum Gasteiger partial charge on any atom is -0.463 e. The molecule has 0 heterocycles. The molecule has 0 aliphatic rings. The summed E-state index contributed by atoms with van der Waals surface area (Å²) >= 11 is 0. The zero-order valence-electron chi connectivity index (χ0n) is 59.4. The van der Waals surface area contributed by atoms with E-state index in [0.29, 0.717) is 25.7 Å². The third-order valence-corrected chi connectivity index (χ3v) is 16.0. The van der Waals surface area contributed by atoms with Gasteiger partial charge in [0.25, 0.3) is 0 Å².